The zero-order valence-corrected chi connectivity index (χ0v) is 6.95. The Morgan fingerprint density at radius 1 is 1.64 bits per heavy atom. The van der Waals surface area contributed by atoms with Crippen molar-refractivity contribution in [3.05, 3.63) is 0 Å². The molecule has 3 unspecified atom stereocenters. The summed E-state index contributed by atoms with van der Waals surface area (Å²) in [5, 5.41) is 20.7. The Bertz CT molecular complexity index is 119. The lowest BCUT2D eigenvalue weighted by Crippen LogP contribution is -2.27. The monoisotopic (exact) mass is 159 g/mol. The Kier molecular flexibility index (Phi) is 3.30. The summed E-state index contributed by atoms with van der Waals surface area (Å²) in [5.41, 5.74) is 0. The first kappa shape index (κ1) is 8.97. The Morgan fingerprint density at radius 2 is 2.36 bits per heavy atom. The third-order valence-corrected chi connectivity index (χ3v) is 2.41. The van der Waals surface area contributed by atoms with Gasteiger partial charge in [-0.2, -0.15) is 0 Å². The van der Waals surface area contributed by atoms with Gasteiger partial charge in [-0.25, -0.2) is 0 Å². The molecule has 3 atom stereocenters. The molecule has 1 fully saturated rings. The maximum atomic E-state index is 9.29. The molecule has 3 nitrogen and oxygen atoms in total. The summed E-state index contributed by atoms with van der Waals surface area (Å²) >= 11 is 0. The molecule has 1 aliphatic rings. The van der Waals surface area contributed by atoms with E-state index in [1.807, 2.05) is 0 Å². The van der Waals surface area contributed by atoms with E-state index in [0.29, 0.717) is 11.8 Å². The van der Waals surface area contributed by atoms with E-state index in [0.717, 1.165) is 19.3 Å². The highest BCUT2D eigenvalue weighted by Gasteiger charge is 2.40. The molecule has 0 aromatic rings. The molecular formula is C8H17NO2. The first-order valence-corrected chi connectivity index (χ1v) is 4.25. The maximum absolute atomic E-state index is 9.29. The molecule has 0 amide bonds. The van der Waals surface area contributed by atoms with Crippen molar-refractivity contribution in [2.24, 2.45) is 11.8 Å². The van der Waals surface area contributed by atoms with Gasteiger partial charge in [0.25, 0.3) is 0 Å². The van der Waals surface area contributed by atoms with Crippen LogP contribution in [0.15, 0.2) is 0 Å². The van der Waals surface area contributed by atoms with Gasteiger partial charge in [-0.15, -0.1) is 0 Å². The molecule has 0 spiro atoms. The second-order valence-corrected chi connectivity index (χ2v) is 3.26. The Morgan fingerprint density at radius 3 is 2.91 bits per heavy atom. The zero-order valence-electron chi connectivity index (χ0n) is 6.95. The third-order valence-electron chi connectivity index (χ3n) is 2.41. The number of aliphatic hydroxyl groups is 2. The van der Waals surface area contributed by atoms with Crippen molar-refractivity contribution in [1.82, 2.24) is 5.32 Å². The number of hydrogen-bond donors (Lipinski definition) is 3. The fourth-order valence-corrected chi connectivity index (χ4v) is 1.56. The van der Waals surface area contributed by atoms with Gasteiger partial charge in [0.2, 0.25) is 0 Å². The molecule has 1 saturated carbocycles. The van der Waals surface area contributed by atoms with E-state index in [1.165, 1.54) is 0 Å². The Balaban J connectivity index is 2.06. The van der Waals surface area contributed by atoms with Gasteiger partial charge in [-0.3, -0.25) is 5.32 Å². The van der Waals surface area contributed by atoms with Crippen LogP contribution >= 0.6 is 0 Å². The molecule has 0 aromatic carbocycles. The van der Waals surface area contributed by atoms with Gasteiger partial charge in [-0.05, 0) is 32.2 Å². The highest BCUT2D eigenvalue weighted by molar-refractivity contribution is 4.89. The molecule has 0 aliphatic heterocycles. The van der Waals surface area contributed by atoms with Crippen molar-refractivity contribution < 1.29 is 10.2 Å². The topological polar surface area (TPSA) is 52.5 Å². The van der Waals surface area contributed by atoms with Crippen LogP contribution in [-0.4, -0.2) is 30.1 Å². The van der Waals surface area contributed by atoms with Crippen molar-refractivity contribution in [2.75, 3.05) is 13.7 Å². The fraction of sp³-hybridized carbons (Fsp3) is 1.00. The molecule has 3 N–H and O–H groups in total. The van der Waals surface area contributed by atoms with Crippen molar-refractivity contribution in [3.63, 3.8) is 0 Å². The van der Waals surface area contributed by atoms with Crippen LogP contribution in [0.3, 0.4) is 0 Å². The second kappa shape index (κ2) is 4.04. The molecule has 66 valence electrons. The quantitative estimate of drug-likeness (QED) is 0.492. The van der Waals surface area contributed by atoms with Crippen LogP contribution in [-0.2, 0) is 0 Å². The van der Waals surface area contributed by atoms with Crippen molar-refractivity contribution in [2.45, 2.75) is 25.5 Å². The SMILES string of the molecule is CNC(O)C1CC1CCCO. The molecule has 0 heterocycles. The van der Waals surface area contributed by atoms with E-state index in [4.69, 9.17) is 5.11 Å². The molecule has 3 heteroatoms. The van der Waals surface area contributed by atoms with E-state index in [-0.39, 0.29) is 12.8 Å². The molecular weight excluding hydrogens is 142 g/mol. The van der Waals surface area contributed by atoms with Gasteiger partial charge in [-0.1, -0.05) is 0 Å². The smallest absolute Gasteiger partial charge is 0.107 e. The minimum Gasteiger partial charge on any atom is -0.396 e. The first-order chi connectivity index (χ1) is 5.29. The van der Waals surface area contributed by atoms with Gasteiger partial charge >= 0.3 is 0 Å². The summed E-state index contributed by atoms with van der Waals surface area (Å²) < 4.78 is 0. The predicted molar refractivity (Wildman–Crippen MR) is 43.0 cm³/mol. The van der Waals surface area contributed by atoms with Gasteiger partial charge in [0, 0.05) is 12.5 Å². The van der Waals surface area contributed by atoms with Gasteiger partial charge in [0.1, 0.15) is 6.23 Å². The summed E-state index contributed by atoms with van der Waals surface area (Å²) in [5.74, 6) is 1.08. The second-order valence-electron chi connectivity index (χ2n) is 3.26. The van der Waals surface area contributed by atoms with Crippen LogP contribution < -0.4 is 5.32 Å². The van der Waals surface area contributed by atoms with Gasteiger partial charge in [0.15, 0.2) is 0 Å². The predicted octanol–water partition coefficient (Wildman–Crippen LogP) is -0.0672. The zero-order chi connectivity index (χ0) is 8.27. The minimum atomic E-state index is -0.335. The Labute approximate surface area is 67.4 Å². The molecule has 0 aromatic heterocycles. The van der Waals surface area contributed by atoms with Crippen LogP contribution in [0.1, 0.15) is 19.3 Å². The average Bonchev–Trinajstić information content (AvgIpc) is 2.78. The van der Waals surface area contributed by atoms with E-state index < -0.39 is 0 Å². The summed E-state index contributed by atoms with van der Waals surface area (Å²) in [4.78, 5) is 0. The Hall–Kier alpha value is -0.120. The molecule has 0 bridgehead atoms. The van der Waals surface area contributed by atoms with Crippen LogP contribution in [0.2, 0.25) is 0 Å². The number of hydrogen-bond acceptors (Lipinski definition) is 3. The highest BCUT2D eigenvalue weighted by atomic mass is 16.3. The summed E-state index contributed by atoms with van der Waals surface area (Å²) in [7, 11) is 1.77. The largest absolute Gasteiger partial charge is 0.396 e. The lowest BCUT2D eigenvalue weighted by Gasteiger charge is -2.07. The molecule has 1 rings (SSSR count). The molecule has 11 heavy (non-hydrogen) atoms. The number of rotatable bonds is 5. The number of aliphatic hydroxyl groups excluding tert-OH is 2. The average molecular weight is 159 g/mol. The van der Waals surface area contributed by atoms with Crippen LogP contribution in [0.25, 0.3) is 0 Å². The lowest BCUT2D eigenvalue weighted by atomic mass is 10.2. The minimum absolute atomic E-state index is 0.277. The van der Waals surface area contributed by atoms with Gasteiger partial charge in [0.05, 0.1) is 0 Å². The summed E-state index contributed by atoms with van der Waals surface area (Å²) in [6.07, 6.45) is 2.71. The molecule has 1 aliphatic carbocycles. The van der Waals surface area contributed by atoms with Gasteiger partial charge < -0.3 is 10.2 Å². The lowest BCUT2D eigenvalue weighted by molar-refractivity contribution is 0.116. The van der Waals surface area contributed by atoms with Crippen LogP contribution in [0.5, 0.6) is 0 Å². The standard InChI is InChI=1S/C8H17NO2/c1-9-8(11)7-5-6(7)3-2-4-10/h6-11H,2-5H2,1H3. The molecule has 0 saturated heterocycles. The van der Waals surface area contributed by atoms with Crippen LogP contribution in [0.4, 0.5) is 0 Å². The fourth-order valence-electron chi connectivity index (χ4n) is 1.56. The summed E-state index contributed by atoms with van der Waals surface area (Å²) in [6, 6.07) is 0. The summed E-state index contributed by atoms with van der Waals surface area (Å²) in [6.45, 7) is 0.277. The van der Waals surface area contributed by atoms with E-state index in [2.05, 4.69) is 5.32 Å². The third kappa shape index (κ3) is 2.43. The van der Waals surface area contributed by atoms with Crippen molar-refractivity contribution in [3.8, 4) is 0 Å². The first-order valence-electron chi connectivity index (χ1n) is 4.25. The highest BCUT2D eigenvalue weighted by Crippen LogP contribution is 2.43. The van der Waals surface area contributed by atoms with Crippen molar-refractivity contribution in [1.29, 1.82) is 0 Å². The van der Waals surface area contributed by atoms with Crippen molar-refractivity contribution >= 4 is 0 Å². The van der Waals surface area contributed by atoms with E-state index in [9.17, 15) is 5.11 Å². The van der Waals surface area contributed by atoms with Crippen LogP contribution in [0, 0.1) is 11.8 Å². The maximum Gasteiger partial charge on any atom is 0.107 e. The molecule has 0 radical (unpaired) electrons. The van der Waals surface area contributed by atoms with E-state index in [1.54, 1.807) is 7.05 Å². The normalized spacial score (nSPS) is 31.9. The number of nitrogens with one attached hydrogen (secondary N) is 1. The van der Waals surface area contributed by atoms with E-state index >= 15 is 0 Å².